The highest BCUT2D eigenvalue weighted by Gasteiger charge is 2.14. The number of carbonyl (C=O) groups excluding carboxylic acids is 1. The van der Waals surface area contributed by atoms with Gasteiger partial charge in [-0.2, -0.15) is 0 Å². The summed E-state index contributed by atoms with van der Waals surface area (Å²) in [7, 11) is 1.74. The molecule has 0 saturated heterocycles. The Labute approximate surface area is 124 Å². The topological polar surface area (TPSA) is 46.3 Å². The molecule has 19 heavy (non-hydrogen) atoms. The Hall–Kier alpha value is -0.780. The lowest BCUT2D eigenvalue weighted by molar-refractivity contribution is -0.131. The van der Waals surface area contributed by atoms with Gasteiger partial charge in [-0.15, -0.1) is 24.2 Å². The third kappa shape index (κ3) is 5.80. The normalized spacial score (nSPS) is 11.6. The number of likely N-dealkylation sites (N-methyl/N-ethyl adjacent to an activating group) is 1. The molecule has 0 aliphatic heterocycles. The van der Waals surface area contributed by atoms with E-state index in [9.17, 15) is 9.18 Å². The molecule has 1 rings (SSSR count). The van der Waals surface area contributed by atoms with Gasteiger partial charge in [-0.1, -0.05) is 12.1 Å². The molecular weight excluding hydrogens is 287 g/mol. The Morgan fingerprint density at radius 3 is 2.68 bits per heavy atom. The second-order valence-electron chi connectivity index (χ2n) is 4.12. The number of halogens is 2. The fourth-order valence-corrected chi connectivity index (χ4v) is 2.27. The van der Waals surface area contributed by atoms with Crippen molar-refractivity contribution in [2.24, 2.45) is 5.73 Å². The number of rotatable bonds is 6. The highest BCUT2D eigenvalue weighted by molar-refractivity contribution is 7.99. The van der Waals surface area contributed by atoms with Gasteiger partial charge in [0.15, 0.2) is 0 Å². The average molecular weight is 307 g/mol. The van der Waals surface area contributed by atoms with Crippen molar-refractivity contribution in [3.05, 3.63) is 30.1 Å². The van der Waals surface area contributed by atoms with Crippen LogP contribution >= 0.6 is 24.2 Å². The minimum absolute atomic E-state index is 0. The van der Waals surface area contributed by atoms with Crippen molar-refractivity contribution in [3.63, 3.8) is 0 Å². The van der Waals surface area contributed by atoms with Crippen LogP contribution < -0.4 is 5.73 Å². The van der Waals surface area contributed by atoms with Gasteiger partial charge in [0, 0.05) is 36.7 Å². The number of hydrogen-bond donors (Lipinski definition) is 1. The van der Waals surface area contributed by atoms with Gasteiger partial charge in [0.1, 0.15) is 5.82 Å². The van der Waals surface area contributed by atoms with E-state index in [-0.39, 0.29) is 30.2 Å². The van der Waals surface area contributed by atoms with Crippen molar-refractivity contribution in [1.29, 1.82) is 0 Å². The van der Waals surface area contributed by atoms with Crippen molar-refractivity contribution in [3.8, 4) is 0 Å². The number of carbonyl (C=O) groups is 1. The molecule has 1 unspecified atom stereocenters. The van der Waals surface area contributed by atoms with E-state index in [4.69, 9.17) is 5.73 Å². The first-order valence-corrected chi connectivity index (χ1v) is 6.88. The fraction of sp³-hybridized carbons (Fsp3) is 0.462. The third-order valence-corrected chi connectivity index (χ3v) is 3.86. The number of amides is 1. The zero-order valence-electron chi connectivity index (χ0n) is 11.1. The molecule has 0 radical (unpaired) electrons. The quantitative estimate of drug-likeness (QED) is 0.822. The van der Waals surface area contributed by atoms with Crippen LogP contribution in [0.25, 0.3) is 0 Å². The van der Waals surface area contributed by atoms with Crippen LogP contribution in [0.1, 0.15) is 13.3 Å². The largest absolute Gasteiger partial charge is 0.342 e. The second kappa shape index (κ2) is 9.18. The van der Waals surface area contributed by atoms with E-state index in [1.807, 2.05) is 6.92 Å². The fourth-order valence-electron chi connectivity index (χ4n) is 1.39. The number of nitrogens with two attached hydrogens (primary N) is 1. The van der Waals surface area contributed by atoms with E-state index in [2.05, 4.69) is 0 Å². The van der Waals surface area contributed by atoms with Crippen LogP contribution in [-0.2, 0) is 4.79 Å². The molecule has 2 N–H and O–H groups in total. The Morgan fingerprint density at radius 2 is 2.11 bits per heavy atom. The molecule has 0 aliphatic rings. The van der Waals surface area contributed by atoms with E-state index in [1.165, 1.54) is 17.8 Å². The lowest BCUT2D eigenvalue weighted by atomic mass is 10.3. The zero-order valence-corrected chi connectivity index (χ0v) is 12.8. The average Bonchev–Trinajstić information content (AvgIpc) is 2.39. The van der Waals surface area contributed by atoms with E-state index >= 15 is 0 Å². The summed E-state index contributed by atoms with van der Waals surface area (Å²) in [5.74, 6) is 0.372. The maximum atomic E-state index is 13.3. The summed E-state index contributed by atoms with van der Waals surface area (Å²) in [5.41, 5.74) is 5.50. The molecule has 0 aromatic heterocycles. The van der Waals surface area contributed by atoms with Gasteiger partial charge < -0.3 is 10.6 Å². The molecule has 0 bridgehead atoms. The first kappa shape index (κ1) is 18.2. The molecule has 1 atom stereocenters. The minimum Gasteiger partial charge on any atom is -0.342 e. The van der Waals surface area contributed by atoms with E-state index in [0.717, 1.165) is 0 Å². The Bertz CT molecular complexity index is 406. The van der Waals surface area contributed by atoms with Gasteiger partial charge in [-0.3, -0.25) is 4.79 Å². The van der Waals surface area contributed by atoms with Crippen LogP contribution in [0.15, 0.2) is 29.2 Å². The van der Waals surface area contributed by atoms with E-state index in [1.54, 1.807) is 30.1 Å². The molecule has 0 aliphatic carbocycles. The molecule has 3 nitrogen and oxygen atoms in total. The summed E-state index contributed by atoms with van der Waals surface area (Å²) in [6.45, 7) is 2.35. The van der Waals surface area contributed by atoms with Crippen molar-refractivity contribution in [1.82, 2.24) is 4.90 Å². The van der Waals surface area contributed by atoms with Crippen molar-refractivity contribution >= 4 is 30.1 Å². The first-order chi connectivity index (χ1) is 8.56. The Morgan fingerprint density at radius 1 is 1.47 bits per heavy atom. The van der Waals surface area contributed by atoms with Crippen molar-refractivity contribution < 1.29 is 9.18 Å². The van der Waals surface area contributed by atoms with Crippen LogP contribution in [0.5, 0.6) is 0 Å². The van der Waals surface area contributed by atoms with Crippen LogP contribution in [0, 0.1) is 5.82 Å². The third-order valence-electron chi connectivity index (χ3n) is 2.81. The molecule has 0 spiro atoms. The molecule has 0 fully saturated rings. The van der Waals surface area contributed by atoms with Crippen molar-refractivity contribution in [2.45, 2.75) is 24.3 Å². The molecule has 0 saturated carbocycles. The summed E-state index contributed by atoms with van der Waals surface area (Å²) < 4.78 is 13.3. The highest BCUT2D eigenvalue weighted by atomic mass is 35.5. The summed E-state index contributed by atoms with van der Waals surface area (Å²) in [6, 6.07) is 6.62. The number of benzene rings is 1. The van der Waals surface area contributed by atoms with Gasteiger partial charge in [0.05, 0.1) is 0 Å². The summed E-state index contributed by atoms with van der Waals surface area (Å²) >= 11 is 1.36. The van der Waals surface area contributed by atoms with Crippen LogP contribution in [0.4, 0.5) is 4.39 Å². The molecular formula is C13H20ClFN2OS. The predicted molar refractivity (Wildman–Crippen MR) is 80.3 cm³/mol. The minimum atomic E-state index is -0.237. The zero-order chi connectivity index (χ0) is 13.5. The Balaban J connectivity index is 0.00000324. The SMILES string of the molecule is CC(CN)N(C)C(=O)CCSc1ccccc1F.Cl. The number of thioether (sulfide) groups is 1. The van der Waals surface area contributed by atoms with Gasteiger partial charge >= 0.3 is 0 Å². The molecule has 1 aromatic rings. The Kier molecular flexibility index (Phi) is 8.80. The summed E-state index contributed by atoms with van der Waals surface area (Å²) in [4.78, 5) is 14.0. The van der Waals surface area contributed by atoms with Gasteiger partial charge in [0.25, 0.3) is 0 Å². The molecule has 108 valence electrons. The monoisotopic (exact) mass is 306 g/mol. The summed E-state index contributed by atoms with van der Waals surface area (Å²) in [6.07, 6.45) is 0.389. The molecule has 1 aromatic carbocycles. The molecule has 1 amide bonds. The highest BCUT2D eigenvalue weighted by Crippen LogP contribution is 2.21. The van der Waals surface area contributed by atoms with Crippen molar-refractivity contribution in [2.75, 3.05) is 19.3 Å². The van der Waals surface area contributed by atoms with Gasteiger partial charge in [-0.25, -0.2) is 4.39 Å². The smallest absolute Gasteiger partial charge is 0.223 e. The predicted octanol–water partition coefficient (Wildman–Crippen LogP) is 2.54. The standard InChI is InChI=1S/C13H19FN2OS.ClH/c1-10(9-15)16(2)13(17)7-8-18-12-6-4-3-5-11(12)14;/h3-6,10H,7-9,15H2,1-2H3;1H. The first-order valence-electron chi connectivity index (χ1n) is 5.89. The van der Waals surface area contributed by atoms with E-state index in [0.29, 0.717) is 23.6 Å². The number of hydrogen-bond acceptors (Lipinski definition) is 3. The lowest BCUT2D eigenvalue weighted by Gasteiger charge is -2.23. The van der Waals surface area contributed by atoms with Crippen LogP contribution in [-0.4, -0.2) is 36.2 Å². The molecule has 6 heteroatoms. The van der Waals surface area contributed by atoms with E-state index < -0.39 is 0 Å². The van der Waals surface area contributed by atoms with Crippen LogP contribution in [0.2, 0.25) is 0 Å². The second-order valence-corrected chi connectivity index (χ2v) is 5.26. The maximum absolute atomic E-state index is 13.3. The van der Waals surface area contributed by atoms with Gasteiger partial charge in [0.2, 0.25) is 5.91 Å². The lowest BCUT2D eigenvalue weighted by Crippen LogP contribution is -2.39. The summed E-state index contributed by atoms with van der Waals surface area (Å²) in [5, 5.41) is 0. The van der Waals surface area contributed by atoms with Crippen LogP contribution in [0.3, 0.4) is 0 Å². The maximum Gasteiger partial charge on any atom is 0.223 e. The number of nitrogens with zero attached hydrogens (tertiary/aromatic N) is 1. The van der Waals surface area contributed by atoms with Gasteiger partial charge in [-0.05, 0) is 19.1 Å². The molecule has 0 heterocycles.